The van der Waals surface area contributed by atoms with Crippen molar-refractivity contribution in [1.29, 1.82) is 0 Å². The van der Waals surface area contributed by atoms with Gasteiger partial charge in [0.05, 0.1) is 27.6 Å². The zero-order valence-corrected chi connectivity index (χ0v) is 33.8. The molecule has 284 valence electrons. The van der Waals surface area contributed by atoms with Gasteiger partial charge in [0.2, 0.25) is 0 Å². The van der Waals surface area contributed by atoms with E-state index in [4.69, 9.17) is 4.98 Å². The molecule has 13 rings (SSSR count). The minimum atomic E-state index is 1.02. The zero-order chi connectivity index (χ0) is 40.0. The van der Waals surface area contributed by atoms with Gasteiger partial charge in [-0.15, -0.1) is 11.3 Å². The fourth-order valence-electron chi connectivity index (χ4n) is 9.79. The molecule has 9 aromatic carbocycles. The number of pyridine rings is 1. The highest BCUT2D eigenvalue weighted by Gasteiger charge is 2.19. The number of hydrogen-bond acceptors (Lipinski definition) is 2. The monoisotopic (exact) mass is 793 g/mol. The third-order valence-electron chi connectivity index (χ3n) is 12.5. The molecule has 0 N–H and O–H groups in total. The molecule has 0 fully saturated rings. The predicted octanol–water partition coefficient (Wildman–Crippen LogP) is 15.8. The minimum Gasteiger partial charge on any atom is -0.309 e. The van der Waals surface area contributed by atoms with Gasteiger partial charge in [-0.25, -0.2) is 4.98 Å². The largest absolute Gasteiger partial charge is 0.309 e. The van der Waals surface area contributed by atoms with Crippen molar-refractivity contribution < 1.29 is 0 Å². The lowest BCUT2D eigenvalue weighted by Gasteiger charge is -2.13. The molecular weight excluding hydrogens is 759 g/mol. The summed E-state index contributed by atoms with van der Waals surface area (Å²) in [6.45, 7) is 0. The Labute approximate surface area is 355 Å². The minimum absolute atomic E-state index is 1.02. The first kappa shape index (κ1) is 34.1. The molecule has 0 saturated carbocycles. The van der Waals surface area contributed by atoms with Crippen LogP contribution in [0.1, 0.15) is 0 Å². The molecule has 0 amide bonds. The number of nitrogens with zero attached hydrogens (tertiary/aromatic N) is 3. The van der Waals surface area contributed by atoms with E-state index in [-0.39, 0.29) is 0 Å². The summed E-state index contributed by atoms with van der Waals surface area (Å²) in [6, 6.07) is 77.5. The highest BCUT2D eigenvalue weighted by molar-refractivity contribution is 7.25. The lowest BCUT2D eigenvalue weighted by Crippen LogP contribution is -1.95. The van der Waals surface area contributed by atoms with Crippen LogP contribution in [0.25, 0.3) is 120 Å². The number of hydrogen-bond donors (Lipinski definition) is 0. The number of fused-ring (bicyclic) bond motifs is 10. The Morgan fingerprint density at radius 3 is 1.72 bits per heavy atom. The molecule has 0 unspecified atom stereocenters. The molecular formula is C57H35N3S. The Bertz CT molecular complexity index is 3890. The van der Waals surface area contributed by atoms with Gasteiger partial charge in [-0.05, 0) is 101 Å². The molecule has 4 heteroatoms. The van der Waals surface area contributed by atoms with E-state index < -0.39 is 0 Å². The predicted molar refractivity (Wildman–Crippen MR) is 260 cm³/mol. The van der Waals surface area contributed by atoms with Gasteiger partial charge in [-0.2, -0.15) is 0 Å². The van der Waals surface area contributed by atoms with Gasteiger partial charge in [0, 0.05) is 59.3 Å². The van der Waals surface area contributed by atoms with E-state index >= 15 is 0 Å². The van der Waals surface area contributed by atoms with Gasteiger partial charge in [0.15, 0.2) is 0 Å². The standard InChI is InChI=1S/C57H35N3S/c1-2-17-41(18-3-1)59-51-26-10-6-21-44(51)48-34-38(29-31-52(48)59)39-28-30-45-43-20-5-9-25-50(43)60(53(45)35-39)42-19-13-15-37(33-42)36-14-12-16-40(32-36)55-46-22-4-8-24-49(46)58-57-56(55)47-23-7-11-27-54(47)61-57/h1-35H. The first-order valence-electron chi connectivity index (χ1n) is 20.8. The number of para-hydroxylation sites is 4. The van der Waals surface area contributed by atoms with Crippen molar-refractivity contribution in [2.24, 2.45) is 0 Å². The van der Waals surface area contributed by atoms with E-state index in [1.165, 1.54) is 104 Å². The van der Waals surface area contributed by atoms with E-state index in [0.29, 0.717) is 0 Å². The summed E-state index contributed by atoms with van der Waals surface area (Å²) in [5.74, 6) is 0. The number of benzene rings is 9. The molecule has 0 spiro atoms. The third-order valence-corrected chi connectivity index (χ3v) is 13.6. The summed E-state index contributed by atoms with van der Waals surface area (Å²) < 4.78 is 6.08. The van der Waals surface area contributed by atoms with Crippen LogP contribution in [-0.4, -0.2) is 14.1 Å². The van der Waals surface area contributed by atoms with Crippen molar-refractivity contribution in [2.75, 3.05) is 0 Å². The van der Waals surface area contributed by atoms with Crippen LogP contribution in [0, 0.1) is 0 Å². The van der Waals surface area contributed by atoms with Crippen LogP contribution in [0.5, 0.6) is 0 Å². The second-order valence-corrected chi connectivity index (χ2v) is 16.9. The molecule has 0 atom stereocenters. The van der Waals surface area contributed by atoms with E-state index in [0.717, 1.165) is 16.0 Å². The van der Waals surface area contributed by atoms with Crippen LogP contribution < -0.4 is 0 Å². The van der Waals surface area contributed by atoms with Gasteiger partial charge in [-0.1, -0.05) is 140 Å². The SMILES string of the molecule is c1ccc(-n2c3ccccc3c3cc(-c4ccc5c6ccccc6n(-c6cccc(-c7cccc(-c8c9ccccc9nc9sc%10ccccc%10c89)c7)c6)c5c4)ccc32)cc1. The summed E-state index contributed by atoms with van der Waals surface area (Å²) in [7, 11) is 0. The van der Waals surface area contributed by atoms with Gasteiger partial charge < -0.3 is 9.13 Å². The molecule has 61 heavy (non-hydrogen) atoms. The van der Waals surface area contributed by atoms with Crippen LogP contribution in [0.3, 0.4) is 0 Å². The third kappa shape index (κ3) is 5.26. The molecule has 0 radical (unpaired) electrons. The zero-order valence-electron chi connectivity index (χ0n) is 33.0. The van der Waals surface area contributed by atoms with Gasteiger partial charge in [0.25, 0.3) is 0 Å². The average molecular weight is 794 g/mol. The van der Waals surface area contributed by atoms with Crippen molar-refractivity contribution in [3.05, 3.63) is 212 Å². The topological polar surface area (TPSA) is 22.8 Å². The van der Waals surface area contributed by atoms with E-state index in [9.17, 15) is 0 Å². The molecule has 0 aliphatic carbocycles. The van der Waals surface area contributed by atoms with E-state index in [1.807, 2.05) is 0 Å². The van der Waals surface area contributed by atoms with Crippen molar-refractivity contribution in [2.45, 2.75) is 0 Å². The normalized spacial score (nSPS) is 11.9. The molecule has 0 aliphatic heterocycles. The first-order valence-corrected chi connectivity index (χ1v) is 21.6. The summed E-state index contributed by atoms with van der Waals surface area (Å²) >= 11 is 1.77. The highest BCUT2D eigenvalue weighted by atomic mass is 32.1. The van der Waals surface area contributed by atoms with Gasteiger partial charge in [0.1, 0.15) is 4.83 Å². The second-order valence-electron chi connectivity index (χ2n) is 15.9. The van der Waals surface area contributed by atoms with Crippen LogP contribution >= 0.6 is 11.3 Å². The fourth-order valence-corrected chi connectivity index (χ4v) is 10.9. The second kappa shape index (κ2) is 13.4. The van der Waals surface area contributed by atoms with Crippen LogP contribution in [0.15, 0.2) is 212 Å². The number of aromatic nitrogens is 3. The smallest absolute Gasteiger partial charge is 0.125 e. The van der Waals surface area contributed by atoms with Crippen LogP contribution in [0.4, 0.5) is 0 Å². The molecule has 0 saturated heterocycles. The van der Waals surface area contributed by atoms with E-state index in [1.54, 1.807) is 11.3 Å². The molecule has 4 aromatic heterocycles. The first-order chi connectivity index (χ1) is 30.2. The van der Waals surface area contributed by atoms with Crippen molar-refractivity contribution in [1.82, 2.24) is 14.1 Å². The van der Waals surface area contributed by atoms with Crippen LogP contribution in [0.2, 0.25) is 0 Å². The van der Waals surface area contributed by atoms with Crippen molar-refractivity contribution >= 4 is 86.2 Å². The summed E-state index contributed by atoms with van der Waals surface area (Å²) in [6.07, 6.45) is 0. The molecule has 3 nitrogen and oxygen atoms in total. The maximum atomic E-state index is 5.15. The maximum Gasteiger partial charge on any atom is 0.125 e. The van der Waals surface area contributed by atoms with E-state index in [2.05, 4.69) is 221 Å². The fraction of sp³-hybridized carbons (Fsp3) is 0. The number of thiophene rings is 1. The Balaban J connectivity index is 0.963. The average Bonchev–Trinajstić information content (AvgIpc) is 3.98. The van der Waals surface area contributed by atoms with Crippen molar-refractivity contribution in [3.63, 3.8) is 0 Å². The molecule has 4 heterocycles. The lowest BCUT2D eigenvalue weighted by molar-refractivity contribution is 1.18. The quantitative estimate of drug-likeness (QED) is 0.170. The Morgan fingerprint density at radius 1 is 0.328 bits per heavy atom. The number of rotatable bonds is 5. The van der Waals surface area contributed by atoms with Gasteiger partial charge in [-0.3, -0.25) is 0 Å². The molecule has 0 aliphatic rings. The molecule has 13 aromatic rings. The summed E-state index contributed by atoms with van der Waals surface area (Å²) in [4.78, 5) is 6.23. The van der Waals surface area contributed by atoms with Gasteiger partial charge >= 0.3 is 0 Å². The van der Waals surface area contributed by atoms with Crippen LogP contribution in [-0.2, 0) is 0 Å². The molecule has 0 bridgehead atoms. The Hall–Kier alpha value is -7.79. The van der Waals surface area contributed by atoms with Crippen molar-refractivity contribution in [3.8, 4) is 44.8 Å². The Kier molecular flexibility index (Phi) is 7.47. The summed E-state index contributed by atoms with van der Waals surface area (Å²) in [5, 5.41) is 8.65. The summed E-state index contributed by atoms with van der Waals surface area (Å²) in [5.41, 5.74) is 15.3. The Morgan fingerprint density at radius 2 is 0.885 bits per heavy atom. The maximum absolute atomic E-state index is 5.15. The highest BCUT2D eigenvalue weighted by Crippen LogP contribution is 2.44. The lowest BCUT2D eigenvalue weighted by atomic mass is 9.93.